The summed E-state index contributed by atoms with van der Waals surface area (Å²) in [6, 6.07) is 11.7. The van der Waals surface area contributed by atoms with E-state index in [0.717, 1.165) is 16.3 Å². The molecule has 0 radical (unpaired) electrons. The molecule has 2 N–H and O–H groups in total. The van der Waals surface area contributed by atoms with E-state index >= 15 is 0 Å². The molecule has 4 rings (SSSR count). The maximum Gasteiger partial charge on any atom is 0.159 e. The van der Waals surface area contributed by atoms with Gasteiger partial charge in [0.05, 0.1) is 17.0 Å². The molecule has 0 atom stereocenters. The normalized spacial score (nSPS) is 10.6. The summed E-state index contributed by atoms with van der Waals surface area (Å²) >= 11 is 13.5. The van der Waals surface area contributed by atoms with Gasteiger partial charge in [-0.05, 0) is 28.1 Å². The minimum Gasteiger partial charge on any atom is -0.383 e. The van der Waals surface area contributed by atoms with Crippen LogP contribution in [-0.2, 0) is 5.75 Å². The molecule has 3 heterocycles. The fourth-order valence-electron chi connectivity index (χ4n) is 2.77. The Balaban J connectivity index is 1.65. The van der Waals surface area contributed by atoms with Gasteiger partial charge in [0.1, 0.15) is 33.6 Å². The number of thioether (sulfide) groups is 1. The molecule has 0 unspecified atom stereocenters. The predicted molar refractivity (Wildman–Crippen MR) is 129 cm³/mol. The number of nitrogens with two attached hydrogens (primary N) is 1. The van der Waals surface area contributed by atoms with Crippen LogP contribution < -0.4 is 5.73 Å². The van der Waals surface area contributed by atoms with Crippen molar-refractivity contribution in [3.05, 3.63) is 60.8 Å². The third-order valence-corrected chi connectivity index (χ3v) is 7.71. The second-order valence-electron chi connectivity index (χ2n) is 6.08. The van der Waals surface area contributed by atoms with E-state index < -0.39 is 0 Å². The Kier molecular flexibility index (Phi) is 6.56. The van der Waals surface area contributed by atoms with Crippen molar-refractivity contribution in [1.82, 2.24) is 15.0 Å². The number of thiazole rings is 2. The molecule has 0 amide bonds. The Hall–Kier alpha value is -2.47. The van der Waals surface area contributed by atoms with Crippen LogP contribution in [0.4, 0.5) is 5.82 Å². The summed E-state index contributed by atoms with van der Waals surface area (Å²) in [5.74, 6) is 0.570. The Labute approximate surface area is 203 Å². The first-order valence-electron chi connectivity index (χ1n) is 8.58. The fraction of sp³-hybridized carbons (Fsp3) is 0.0500. The van der Waals surface area contributed by atoms with Crippen LogP contribution in [0.5, 0.6) is 0 Å². The van der Waals surface area contributed by atoms with Gasteiger partial charge in [-0.3, -0.25) is 0 Å². The van der Waals surface area contributed by atoms with Gasteiger partial charge in [0, 0.05) is 32.7 Å². The van der Waals surface area contributed by atoms with Gasteiger partial charge in [0.15, 0.2) is 3.92 Å². The molecule has 31 heavy (non-hydrogen) atoms. The van der Waals surface area contributed by atoms with Crippen molar-refractivity contribution in [2.24, 2.45) is 0 Å². The third-order valence-electron chi connectivity index (χ3n) is 4.15. The van der Waals surface area contributed by atoms with E-state index in [1.807, 2.05) is 29.6 Å². The van der Waals surface area contributed by atoms with Crippen LogP contribution in [0.2, 0.25) is 5.02 Å². The van der Waals surface area contributed by atoms with Gasteiger partial charge in [-0.2, -0.15) is 10.5 Å². The summed E-state index contributed by atoms with van der Waals surface area (Å²) in [6.07, 6.45) is 0. The molecule has 0 aliphatic carbocycles. The van der Waals surface area contributed by atoms with Gasteiger partial charge in [-0.15, -0.1) is 22.7 Å². The van der Waals surface area contributed by atoms with Crippen molar-refractivity contribution in [1.29, 1.82) is 10.5 Å². The summed E-state index contributed by atoms with van der Waals surface area (Å²) in [7, 11) is 0. The first-order valence-corrected chi connectivity index (χ1v) is 12.5. The van der Waals surface area contributed by atoms with E-state index in [-0.39, 0.29) is 16.9 Å². The smallest absolute Gasteiger partial charge is 0.159 e. The van der Waals surface area contributed by atoms with E-state index in [0.29, 0.717) is 31.0 Å². The van der Waals surface area contributed by atoms with Crippen molar-refractivity contribution in [2.45, 2.75) is 10.8 Å². The van der Waals surface area contributed by atoms with E-state index in [2.05, 4.69) is 43.0 Å². The van der Waals surface area contributed by atoms with Gasteiger partial charge in [0.2, 0.25) is 0 Å². The highest BCUT2D eigenvalue weighted by atomic mass is 79.9. The number of rotatable bonds is 5. The highest BCUT2D eigenvalue weighted by Crippen LogP contribution is 2.38. The van der Waals surface area contributed by atoms with Crippen LogP contribution >= 0.6 is 62.0 Å². The van der Waals surface area contributed by atoms with E-state index in [4.69, 9.17) is 17.3 Å². The molecule has 152 valence electrons. The largest absolute Gasteiger partial charge is 0.383 e. The SMILES string of the molecule is N#Cc1c(N)nc(SCc2csc(-c3ccc(Cl)cc3)n2)c(C#N)c1-c1csc(Br)n1. The summed E-state index contributed by atoms with van der Waals surface area (Å²) in [5.41, 5.74) is 9.23. The van der Waals surface area contributed by atoms with Crippen LogP contribution in [0, 0.1) is 22.7 Å². The number of pyridine rings is 1. The zero-order valence-electron chi connectivity index (χ0n) is 15.5. The molecule has 11 heteroatoms. The van der Waals surface area contributed by atoms with Gasteiger partial charge < -0.3 is 5.73 Å². The zero-order chi connectivity index (χ0) is 22.0. The number of hydrogen-bond acceptors (Lipinski definition) is 9. The quantitative estimate of drug-likeness (QED) is 0.290. The van der Waals surface area contributed by atoms with Crippen LogP contribution in [0.15, 0.2) is 44.0 Å². The van der Waals surface area contributed by atoms with E-state index in [1.54, 1.807) is 5.38 Å². The maximum atomic E-state index is 9.84. The number of nitrogens with zero attached hydrogens (tertiary/aromatic N) is 5. The Morgan fingerprint density at radius 1 is 1.03 bits per heavy atom. The lowest BCUT2D eigenvalue weighted by Crippen LogP contribution is -2.03. The summed E-state index contributed by atoms with van der Waals surface area (Å²) < 4.78 is 0.650. The Morgan fingerprint density at radius 3 is 2.42 bits per heavy atom. The molecule has 1 aromatic carbocycles. The molecule has 0 aliphatic rings. The molecule has 0 aliphatic heterocycles. The first-order chi connectivity index (χ1) is 15.0. The first kappa shape index (κ1) is 21.8. The fourth-order valence-corrected chi connectivity index (χ4v) is 5.71. The third kappa shape index (κ3) is 4.59. The second-order valence-corrected chi connectivity index (χ2v) is 10.5. The number of nitrogen functional groups attached to an aromatic ring is 1. The van der Waals surface area contributed by atoms with Gasteiger partial charge in [0.25, 0.3) is 0 Å². The Bertz CT molecular complexity index is 1350. The number of anilines is 1. The summed E-state index contributed by atoms with van der Waals surface area (Å²) in [4.78, 5) is 13.3. The van der Waals surface area contributed by atoms with E-state index in [9.17, 15) is 10.5 Å². The lowest BCUT2D eigenvalue weighted by molar-refractivity contribution is 1.10. The highest BCUT2D eigenvalue weighted by molar-refractivity contribution is 9.11. The molecule has 0 spiro atoms. The molecule has 4 aromatic rings. The number of hydrogen-bond donors (Lipinski definition) is 1. The molecule has 0 bridgehead atoms. The maximum absolute atomic E-state index is 9.84. The van der Waals surface area contributed by atoms with Crippen LogP contribution in [0.3, 0.4) is 0 Å². The van der Waals surface area contributed by atoms with Gasteiger partial charge in [-0.1, -0.05) is 35.5 Å². The van der Waals surface area contributed by atoms with Crippen molar-refractivity contribution >= 4 is 67.8 Å². The minimum atomic E-state index is 0.0725. The lowest BCUT2D eigenvalue weighted by Gasteiger charge is -2.10. The van der Waals surface area contributed by atoms with Crippen molar-refractivity contribution in [3.63, 3.8) is 0 Å². The lowest BCUT2D eigenvalue weighted by atomic mass is 10.0. The number of nitriles is 2. The van der Waals surface area contributed by atoms with Crippen LogP contribution in [0.25, 0.3) is 21.8 Å². The van der Waals surface area contributed by atoms with E-state index in [1.165, 1.54) is 34.4 Å². The monoisotopic (exact) mass is 544 g/mol. The number of aromatic nitrogens is 3. The van der Waals surface area contributed by atoms with Crippen molar-refractivity contribution in [3.8, 4) is 34.0 Å². The van der Waals surface area contributed by atoms with Gasteiger partial charge in [-0.25, -0.2) is 15.0 Å². The molecule has 6 nitrogen and oxygen atoms in total. The molecular weight excluding hydrogens is 536 g/mol. The molecule has 0 fully saturated rings. The van der Waals surface area contributed by atoms with Crippen molar-refractivity contribution < 1.29 is 0 Å². The van der Waals surface area contributed by atoms with Crippen LogP contribution in [-0.4, -0.2) is 15.0 Å². The zero-order valence-corrected chi connectivity index (χ0v) is 20.3. The Morgan fingerprint density at radius 2 is 1.77 bits per heavy atom. The number of benzene rings is 1. The van der Waals surface area contributed by atoms with Crippen LogP contribution in [0.1, 0.15) is 16.8 Å². The van der Waals surface area contributed by atoms with Gasteiger partial charge >= 0.3 is 0 Å². The van der Waals surface area contributed by atoms with Crippen molar-refractivity contribution in [2.75, 3.05) is 5.73 Å². The molecule has 0 saturated heterocycles. The second kappa shape index (κ2) is 9.35. The highest BCUT2D eigenvalue weighted by Gasteiger charge is 2.22. The molecular formula is C20H10BrClN6S3. The molecule has 3 aromatic heterocycles. The predicted octanol–water partition coefficient (Wildman–Crippen LogP) is 6.36. The average molecular weight is 546 g/mol. The topological polar surface area (TPSA) is 112 Å². The summed E-state index contributed by atoms with van der Waals surface area (Å²) in [5, 5.41) is 25.1. The summed E-state index contributed by atoms with van der Waals surface area (Å²) in [6.45, 7) is 0. The minimum absolute atomic E-state index is 0.0725. The number of halogens is 2. The average Bonchev–Trinajstić information content (AvgIpc) is 3.41. The standard InChI is InChI=1S/C20H10BrClN6S3/c21-20-27-15(9-31-20)16-13(5-23)17(25)28-19(14(16)6-24)30-8-12-7-29-18(26-12)10-1-3-11(22)4-2-10/h1-4,7,9H,8H2,(H2,25,28). The molecule has 0 saturated carbocycles.